The molecule has 0 aliphatic rings. The van der Waals surface area contributed by atoms with Crippen molar-refractivity contribution in [3.8, 4) is 0 Å². The smallest absolute Gasteiger partial charge is 0.407 e. The van der Waals surface area contributed by atoms with Crippen LogP contribution in [-0.2, 0) is 14.3 Å². The van der Waals surface area contributed by atoms with Crippen molar-refractivity contribution in [2.75, 3.05) is 7.11 Å². The van der Waals surface area contributed by atoms with Gasteiger partial charge in [0.2, 0.25) is 0 Å². The summed E-state index contributed by atoms with van der Waals surface area (Å²) in [4.78, 5) is 23.3. The molecule has 23 heavy (non-hydrogen) atoms. The Morgan fingerprint density at radius 3 is 2.43 bits per heavy atom. The number of esters is 1. The van der Waals surface area contributed by atoms with E-state index in [1.165, 1.54) is 7.11 Å². The molecule has 0 fully saturated rings. The molecule has 0 aromatic heterocycles. The van der Waals surface area contributed by atoms with Gasteiger partial charge in [-0.25, -0.2) is 4.79 Å². The summed E-state index contributed by atoms with van der Waals surface area (Å²) in [5.74, 6) is -0.376. The number of methoxy groups -OCH3 is 1. The number of benzene rings is 1. The molecule has 0 saturated heterocycles. The lowest BCUT2D eigenvalue weighted by Crippen LogP contribution is -2.40. The fourth-order valence-electron chi connectivity index (χ4n) is 1.88. The van der Waals surface area contributed by atoms with Gasteiger partial charge < -0.3 is 14.8 Å². The Hall–Kier alpha value is -2.30. The minimum Gasteiger partial charge on any atom is -0.469 e. The van der Waals surface area contributed by atoms with Crippen molar-refractivity contribution in [2.24, 2.45) is 0 Å². The van der Waals surface area contributed by atoms with Gasteiger partial charge in [0.05, 0.1) is 13.5 Å². The highest BCUT2D eigenvalue weighted by Crippen LogP contribution is 2.10. The van der Waals surface area contributed by atoms with Crippen molar-refractivity contribution in [3.63, 3.8) is 0 Å². The van der Waals surface area contributed by atoms with E-state index in [2.05, 4.69) is 10.1 Å². The lowest BCUT2D eigenvalue weighted by Gasteiger charge is -2.22. The van der Waals surface area contributed by atoms with Gasteiger partial charge in [-0.2, -0.15) is 0 Å². The highest BCUT2D eigenvalue weighted by Gasteiger charge is 2.20. The fourth-order valence-corrected chi connectivity index (χ4v) is 1.88. The SMILES string of the molecule is COC(=O)C[C@@H](C/C=C/c1ccccc1)NC(=O)OC(C)(C)C. The maximum absolute atomic E-state index is 11.9. The Morgan fingerprint density at radius 1 is 1.22 bits per heavy atom. The molecule has 0 spiro atoms. The molecule has 1 atom stereocenters. The number of carbonyl (C=O) groups excluding carboxylic acids is 2. The van der Waals surface area contributed by atoms with Gasteiger partial charge in [-0.05, 0) is 32.8 Å². The van der Waals surface area contributed by atoms with Crippen LogP contribution in [0.1, 0.15) is 39.2 Å². The minimum absolute atomic E-state index is 0.0921. The van der Waals surface area contributed by atoms with Crippen LogP contribution in [0.3, 0.4) is 0 Å². The first-order chi connectivity index (χ1) is 10.8. The second kappa shape index (κ2) is 8.98. The molecule has 126 valence electrons. The van der Waals surface area contributed by atoms with Crippen LogP contribution in [0.4, 0.5) is 4.79 Å². The molecule has 0 heterocycles. The van der Waals surface area contributed by atoms with Gasteiger partial charge in [0.1, 0.15) is 5.60 Å². The zero-order chi connectivity index (χ0) is 17.3. The molecule has 0 aliphatic heterocycles. The van der Waals surface area contributed by atoms with Crippen molar-refractivity contribution in [1.29, 1.82) is 0 Å². The van der Waals surface area contributed by atoms with Crippen molar-refractivity contribution < 1.29 is 19.1 Å². The summed E-state index contributed by atoms with van der Waals surface area (Å²) in [6.07, 6.45) is 3.92. The van der Waals surface area contributed by atoms with Gasteiger partial charge in [0, 0.05) is 6.04 Å². The summed E-state index contributed by atoms with van der Waals surface area (Å²) in [5.41, 5.74) is 0.473. The first kappa shape index (κ1) is 18.7. The van der Waals surface area contributed by atoms with Gasteiger partial charge >= 0.3 is 12.1 Å². The van der Waals surface area contributed by atoms with Gasteiger partial charge in [-0.15, -0.1) is 0 Å². The highest BCUT2D eigenvalue weighted by atomic mass is 16.6. The zero-order valence-electron chi connectivity index (χ0n) is 14.2. The maximum Gasteiger partial charge on any atom is 0.407 e. The number of hydrogen-bond donors (Lipinski definition) is 1. The van der Waals surface area contributed by atoms with Crippen LogP contribution in [0.5, 0.6) is 0 Å². The number of rotatable bonds is 6. The standard InChI is InChI=1S/C18H25NO4/c1-18(2,3)23-17(21)19-15(13-16(20)22-4)12-8-11-14-9-6-5-7-10-14/h5-11,15H,12-13H2,1-4H3,(H,19,21)/b11-8+/t15-/m1/s1. The third-order valence-electron chi connectivity index (χ3n) is 2.89. The number of amides is 1. The average molecular weight is 319 g/mol. The van der Waals surface area contributed by atoms with Crippen LogP contribution in [0.25, 0.3) is 6.08 Å². The number of alkyl carbamates (subject to hydrolysis) is 1. The third kappa shape index (κ3) is 8.66. The van der Waals surface area contributed by atoms with Crippen molar-refractivity contribution in [3.05, 3.63) is 42.0 Å². The molecular formula is C18H25NO4. The molecule has 0 unspecified atom stereocenters. The summed E-state index contributed by atoms with van der Waals surface area (Å²) in [5, 5.41) is 2.71. The molecular weight excluding hydrogens is 294 g/mol. The normalized spacial score (nSPS) is 12.7. The largest absolute Gasteiger partial charge is 0.469 e. The topological polar surface area (TPSA) is 64.6 Å². The van der Waals surface area contributed by atoms with Crippen LogP contribution in [-0.4, -0.2) is 30.8 Å². The van der Waals surface area contributed by atoms with Gasteiger partial charge in [0.25, 0.3) is 0 Å². The zero-order valence-corrected chi connectivity index (χ0v) is 14.2. The predicted octanol–water partition coefficient (Wildman–Crippen LogP) is 3.55. The van der Waals surface area contributed by atoms with Crippen molar-refractivity contribution in [2.45, 2.75) is 45.3 Å². The van der Waals surface area contributed by atoms with Gasteiger partial charge in [-0.3, -0.25) is 4.79 Å². The van der Waals surface area contributed by atoms with Crippen LogP contribution in [0.2, 0.25) is 0 Å². The molecule has 1 aromatic carbocycles. The number of ether oxygens (including phenoxy) is 2. The van der Waals surface area contributed by atoms with E-state index < -0.39 is 11.7 Å². The van der Waals surface area contributed by atoms with E-state index in [9.17, 15) is 9.59 Å². The number of carbonyl (C=O) groups is 2. The second-order valence-electron chi connectivity index (χ2n) is 6.17. The lowest BCUT2D eigenvalue weighted by molar-refractivity contribution is -0.141. The van der Waals surface area contributed by atoms with Crippen molar-refractivity contribution in [1.82, 2.24) is 5.32 Å². The Bertz CT molecular complexity index is 532. The first-order valence-corrected chi connectivity index (χ1v) is 7.58. The molecule has 1 amide bonds. The summed E-state index contributed by atoms with van der Waals surface area (Å²) >= 11 is 0. The minimum atomic E-state index is -0.584. The van der Waals surface area contributed by atoms with E-state index in [1.54, 1.807) is 20.8 Å². The molecule has 1 aromatic rings. The molecule has 0 saturated carbocycles. The molecule has 0 aliphatic carbocycles. The molecule has 1 rings (SSSR count). The molecule has 5 heteroatoms. The van der Waals surface area contributed by atoms with Gasteiger partial charge in [0.15, 0.2) is 0 Å². The summed E-state index contributed by atoms with van der Waals surface area (Å²) in [6.45, 7) is 5.37. The maximum atomic E-state index is 11.9. The highest BCUT2D eigenvalue weighted by molar-refractivity contribution is 5.73. The molecule has 1 N–H and O–H groups in total. The number of hydrogen-bond acceptors (Lipinski definition) is 4. The third-order valence-corrected chi connectivity index (χ3v) is 2.89. The molecule has 5 nitrogen and oxygen atoms in total. The van der Waals surface area contributed by atoms with Gasteiger partial charge in [-0.1, -0.05) is 42.5 Å². The molecule has 0 bridgehead atoms. The monoisotopic (exact) mass is 319 g/mol. The molecule has 0 radical (unpaired) electrons. The first-order valence-electron chi connectivity index (χ1n) is 7.58. The van der Waals surface area contributed by atoms with E-state index in [1.807, 2.05) is 42.5 Å². The quantitative estimate of drug-likeness (QED) is 0.814. The van der Waals surface area contributed by atoms with Crippen LogP contribution >= 0.6 is 0 Å². The van der Waals surface area contributed by atoms with Crippen LogP contribution < -0.4 is 5.32 Å². The Balaban J connectivity index is 2.63. The summed E-state index contributed by atoms with van der Waals surface area (Å²) < 4.78 is 9.89. The van der Waals surface area contributed by atoms with E-state index in [-0.39, 0.29) is 18.4 Å². The lowest BCUT2D eigenvalue weighted by atomic mass is 10.1. The Labute approximate surface area is 137 Å². The van der Waals surface area contributed by atoms with Crippen LogP contribution in [0.15, 0.2) is 36.4 Å². The average Bonchev–Trinajstić information content (AvgIpc) is 2.46. The Morgan fingerprint density at radius 2 is 1.87 bits per heavy atom. The Kier molecular flexibility index (Phi) is 7.32. The van der Waals surface area contributed by atoms with E-state index in [0.717, 1.165) is 5.56 Å². The predicted molar refractivity (Wildman–Crippen MR) is 89.9 cm³/mol. The summed E-state index contributed by atoms with van der Waals surface area (Å²) in [7, 11) is 1.33. The number of nitrogens with one attached hydrogen (secondary N) is 1. The van der Waals surface area contributed by atoms with Crippen molar-refractivity contribution >= 4 is 18.1 Å². The summed E-state index contributed by atoms with van der Waals surface area (Å²) in [6, 6.07) is 9.42. The second-order valence-corrected chi connectivity index (χ2v) is 6.17. The fraction of sp³-hybridized carbons (Fsp3) is 0.444. The van der Waals surface area contributed by atoms with Crippen LogP contribution in [0, 0.1) is 0 Å². The van der Waals surface area contributed by atoms with E-state index in [4.69, 9.17) is 4.74 Å². The van der Waals surface area contributed by atoms with E-state index >= 15 is 0 Å². The van der Waals surface area contributed by atoms with E-state index in [0.29, 0.717) is 6.42 Å².